The minimum absolute atomic E-state index is 0.243. The summed E-state index contributed by atoms with van der Waals surface area (Å²) < 4.78 is 12.7. The molecule has 0 bridgehead atoms. The molecule has 18 heavy (non-hydrogen) atoms. The van der Waals surface area contributed by atoms with Crippen molar-refractivity contribution in [1.82, 2.24) is 9.97 Å². The molecule has 0 radical (unpaired) electrons. The van der Waals surface area contributed by atoms with Gasteiger partial charge in [-0.2, -0.15) is 0 Å². The molecule has 2 heterocycles. The van der Waals surface area contributed by atoms with Crippen molar-refractivity contribution in [3.63, 3.8) is 0 Å². The highest BCUT2D eigenvalue weighted by molar-refractivity contribution is 6.29. The molecule has 0 aromatic carbocycles. The summed E-state index contributed by atoms with van der Waals surface area (Å²) in [5, 5.41) is 2.78. The second kappa shape index (κ2) is 5.10. The van der Waals surface area contributed by atoms with Crippen LogP contribution in [0.15, 0.2) is 30.5 Å². The lowest BCUT2D eigenvalue weighted by Gasteiger charge is -2.05. The van der Waals surface area contributed by atoms with Crippen LogP contribution in [0.4, 0.5) is 10.2 Å². The van der Waals surface area contributed by atoms with Gasteiger partial charge in [0.15, 0.2) is 0 Å². The highest BCUT2D eigenvalue weighted by Crippen LogP contribution is 2.12. The predicted molar refractivity (Wildman–Crippen MR) is 66.1 cm³/mol. The predicted octanol–water partition coefficient (Wildman–Crippen LogP) is 2.83. The molecule has 0 atom stereocenters. The van der Waals surface area contributed by atoms with Crippen LogP contribution < -0.4 is 5.32 Å². The zero-order valence-electron chi connectivity index (χ0n) is 9.45. The van der Waals surface area contributed by atoms with Crippen molar-refractivity contribution in [3.8, 4) is 0 Å². The van der Waals surface area contributed by atoms with E-state index >= 15 is 0 Å². The number of nitrogens with zero attached hydrogens (tertiary/aromatic N) is 2. The van der Waals surface area contributed by atoms with E-state index < -0.39 is 5.82 Å². The Balaban J connectivity index is 2.19. The fourth-order valence-corrected chi connectivity index (χ4v) is 1.65. The number of rotatable bonds is 2. The van der Waals surface area contributed by atoms with Gasteiger partial charge in [0.2, 0.25) is 0 Å². The molecule has 6 heteroatoms. The molecule has 2 aromatic rings. The van der Waals surface area contributed by atoms with Crippen LogP contribution in [0.25, 0.3) is 0 Å². The summed E-state index contributed by atoms with van der Waals surface area (Å²) >= 11 is 5.76. The number of carbonyl (C=O) groups is 1. The third kappa shape index (κ3) is 3.01. The number of hydrogen-bond donors (Lipinski definition) is 1. The largest absolute Gasteiger partial charge is 0.307 e. The van der Waals surface area contributed by atoms with Crippen LogP contribution in [-0.4, -0.2) is 15.9 Å². The number of hydrogen-bond acceptors (Lipinski definition) is 3. The average Bonchev–Trinajstić information content (AvgIpc) is 2.31. The van der Waals surface area contributed by atoms with Crippen LogP contribution in [0.5, 0.6) is 0 Å². The van der Waals surface area contributed by atoms with Crippen LogP contribution in [0.2, 0.25) is 5.15 Å². The fraction of sp³-hybridized carbons (Fsp3) is 0.0833. The number of aryl methyl sites for hydroxylation is 1. The Kier molecular flexibility index (Phi) is 3.53. The van der Waals surface area contributed by atoms with Crippen molar-refractivity contribution in [2.24, 2.45) is 0 Å². The number of aromatic nitrogens is 2. The normalized spacial score (nSPS) is 10.2. The molecule has 0 aliphatic carbocycles. The minimum Gasteiger partial charge on any atom is -0.307 e. The van der Waals surface area contributed by atoms with Gasteiger partial charge >= 0.3 is 0 Å². The molecule has 2 rings (SSSR count). The summed E-state index contributed by atoms with van der Waals surface area (Å²) in [6.07, 6.45) is 1.03. The number of halogens is 2. The van der Waals surface area contributed by atoms with Crippen LogP contribution in [0.3, 0.4) is 0 Å². The van der Waals surface area contributed by atoms with Crippen LogP contribution in [0, 0.1) is 12.7 Å². The van der Waals surface area contributed by atoms with Crippen molar-refractivity contribution in [3.05, 3.63) is 52.7 Å². The fourth-order valence-electron chi connectivity index (χ4n) is 1.40. The van der Waals surface area contributed by atoms with Gasteiger partial charge in [0.1, 0.15) is 16.8 Å². The van der Waals surface area contributed by atoms with Crippen LogP contribution >= 0.6 is 11.6 Å². The molecular weight excluding hydrogens is 257 g/mol. The molecule has 1 amide bonds. The van der Waals surface area contributed by atoms with Crippen molar-refractivity contribution >= 4 is 23.3 Å². The highest BCUT2D eigenvalue weighted by atomic mass is 35.5. The Hall–Kier alpha value is -2.01. The van der Waals surface area contributed by atoms with Gasteiger partial charge in [-0.05, 0) is 31.2 Å². The van der Waals surface area contributed by atoms with Crippen LogP contribution in [0.1, 0.15) is 16.1 Å². The third-order valence-corrected chi connectivity index (χ3v) is 2.35. The van der Waals surface area contributed by atoms with E-state index in [0.717, 1.165) is 6.20 Å². The van der Waals surface area contributed by atoms with Gasteiger partial charge in [-0.3, -0.25) is 4.79 Å². The molecule has 2 aromatic heterocycles. The number of pyridine rings is 2. The molecule has 0 saturated carbocycles. The van der Waals surface area contributed by atoms with E-state index in [1.165, 1.54) is 18.2 Å². The average molecular weight is 266 g/mol. The maximum atomic E-state index is 12.7. The molecule has 0 aliphatic heterocycles. The summed E-state index contributed by atoms with van der Waals surface area (Å²) in [6.45, 7) is 1.73. The Morgan fingerprint density at radius 2 is 2.17 bits per heavy atom. The summed E-state index contributed by atoms with van der Waals surface area (Å²) in [7, 11) is 0. The Labute approximate surface area is 108 Å². The van der Waals surface area contributed by atoms with Gasteiger partial charge in [-0.1, -0.05) is 11.6 Å². The summed E-state index contributed by atoms with van der Waals surface area (Å²) in [5.74, 6) is -0.565. The Morgan fingerprint density at radius 3 is 2.78 bits per heavy atom. The quantitative estimate of drug-likeness (QED) is 0.850. The number of carbonyl (C=O) groups excluding carboxylic acids is 1. The lowest BCUT2D eigenvalue weighted by Crippen LogP contribution is -2.13. The standard InChI is InChI=1S/C12H9ClFN3O/c1-7-4-8(5-10(13)16-7)12(18)17-11-3-2-9(14)6-15-11/h2-6H,1H3,(H,15,17,18). The second-order valence-electron chi connectivity index (χ2n) is 3.64. The third-order valence-electron chi connectivity index (χ3n) is 2.15. The van der Waals surface area contributed by atoms with Gasteiger partial charge in [0.25, 0.3) is 5.91 Å². The first kappa shape index (κ1) is 12.4. The summed E-state index contributed by atoms with van der Waals surface area (Å²) in [5.41, 5.74) is 1.01. The van der Waals surface area contributed by atoms with E-state index in [1.54, 1.807) is 13.0 Å². The van der Waals surface area contributed by atoms with E-state index in [2.05, 4.69) is 15.3 Å². The van der Waals surface area contributed by atoms with E-state index in [0.29, 0.717) is 11.3 Å². The first-order chi connectivity index (χ1) is 8.54. The Morgan fingerprint density at radius 1 is 1.39 bits per heavy atom. The van der Waals surface area contributed by atoms with E-state index in [-0.39, 0.29) is 16.9 Å². The molecule has 0 saturated heterocycles. The monoisotopic (exact) mass is 265 g/mol. The van der Waals surface area contributed by atoms with Gasteiger partial charge in [0, 0.05) is 11.3 Å². The Bertz CT molecular complexity index is 566. The van der Waals surface area contributed by atoms with Crippen LogP contribution in [-0.2, 0) is 0 Å². The lowest BCUT2D eigenvalue weighted by molar-refractivity contribution is 0.102. The van der Waals surface area contributed by atoms with Crippen molar-refractivity contribution in [1.29, 1.82) is 0 Å². The zero-order chi connectivity index (χ0) is 13.1. The smallest absolute Gasteiger partial charge is 0.256 e. The molecular formula is C12H9ClFN3O. The number of anilines is 1. The highest BCUT2D eigenvalue weighted by Gasteiger charge is 2.09. The molecule has 0 spiro atoms. The molecule has 4 nitrogen and oxygen atoms in total. The van der Waals surface area contributed by atoms with E-state index in [9.17, 15) is 9.18 Å². The number of amides is 1. The summed E-state index contributed by atoms with van der Waals surface area (Å²) in [6, 6.07) is 5.65. The maximum Gasteiger partial charge on any atom is 0.256 e. The van der Waals surface area contributed by atoms with Crippen molar-refractivity contribution in [2.45, 2.75) is 6.92 Å². The topological polar surface area (TPSA) is 54.9 Å². The van der Waals surface area contributed by atoms with Crippen molar-refractivity contribution in [2.75, 3.05) is 5.32 Å². The minimum atomic E-state index is -0.462. The maximum absolute atomic E-state index is 12.7. The molecule has 1 N–H and O–H groups in total. The molecule has 92 valence electrons. The van der Waals surface area contributed by atoms with Gasteiger partial charge in [-0.25, -0.2) is 14.4 Å². The van der Waals surface area contributed by atoms with E-state index in [4.69, 9.17) is 11.6 Å². The van der Waals surface area contributed by atoms with Gasteiger partial charge in [0.05, 0.1) is 6.20 Å². The summed E-state index contributed by atoms with van der Waals surface area (Å²) in [4.78, 5) is 19.6. The zero-order valence-corrected chi connectivity index (χ0v) is 10.2. The lowest BCUT2D eigenvalue weighted by atomic mass is 10.2. The SMILES string of the molecule is Cc1cc(C(=O)Nc2ccc(F)cn2)cc(Cl)n1. The van der Waals surface area contributed by atoms with Gasteiger partial charge < -0.3 is 5.32 Å². The molecule has 0 fully saturated rings. The molecule has 0 aliphatic rings. The number of nitrogens with one attached hydrogen (secondary N) is 1. The first-order valence-electron chi connectivity index (χ1n) is 5.12. The van der Waals surface area contributed by atoms with Gasteiger partial charge in [-0.15, -0.1) is 0 Å². The van der Waals surface area contributed by atoms with Crippen molar-refractivity contribution < 1.29 is 9.18 Å². The second-order valence-corrected chi connectivity index (χ2v) is 4.02. The van der Waals surface area contributed by atoms with E-state index in [1.807, 2.05) is 0 Å². The first-order valence-corrected chi connectivity index (χ1v) is 5.49. The molecule has 0 unspecified atom stereocenters.